The fraction of sp³-hybridized carbons (Fsp3) is 0.611. The first-order valence-corrected chi connectivity index (χ1v) is 9.04. The van der Waals surface area contributed by atoms with Gasteiger partial charge in [0, 0.05) is 29.6 Å². The summed E-state index contributed by atoms with van der Waals surface area (Å²) in [5.74, 6) is 0. The summed E-state index contributed by atoms with van der Waals surface area (Å²) in [5, 5.41) is 3.67. The normalized spacial score (nSPS) is 17.9. The third-order valence-electron chi connectivity index (χ3n) is 4.00. The number of hydrogen-bond donors (Lipinski definition) is 1. The number of hydrogen-bond acceptors (Lipinski definition) is 3. The van der Waals surface area contributed by atoms with Gasteiger partial charge < -0.3 is 15.0 Å². The summed E-state index contributed by atoms with van der Waals surface area (Å²) >= 11 is 3.61. The molecule has 0 aliphatic carbocycles. The Hall–Kier alpha value is -1.07. The maximum Gasteiger partial charge on any atom is 0.410 e. The van der Waals surface area contributed by atoms with E-state index in [9.17, 15) is 4.79 Å². The number of benzene rings is 1. The molecule has 5 heteroatoms. The number of carbonyl (C=O) groups excluding carboxylic acids is 1. The van der Waals surface area contributed by atoms with E-state index in [1.165, 1.54) is 5.56 Å². The van der Waals surface area contributed by atoms with Crippen molar-refractivity contribution in [3.63, 3.8) is 0 Å². The average Bonchev–Trinajstić information content (AvgIpc) is 2.46. The van der Waals surface area contributed by atoms with Crippen LogP contribution in [-0.4, -0.2) is 35.7 Å². The van der Waals surface area contributed by atoms with Gasteiger partial charge in [0.15, 0.2) is 0 Å². The van der Waals surface area contributed by atoms with E-state index < -0.39 is 5.60 Å². The Balaban J connectivity index is 1.83. The molecular weight excluding hydrogens is 356 g/mol. The first kappa shape index (κ1) is 18.3. The van der Waals surface area contributed by atoms with Gasteiger partial charge in [-0.15, -0.1) is 0 Å². The minimum absolute atomic E-state index is 0.199. The first-order chi connectivity index (χ1) is 10.8. The highest BCUT2D eigenvalue weighted by molar-refractivity contribution is 9.10. The molecule has 0 spiro atoms. The number of nitrogens with one attached hydrogen (secondary N) is 1. The molecule has 4 nitrogen and oxygen atoms in total. The lowest BCUT2D eigenvalue weighted by Gasteiger charge is -2.35. The van der Waals surface area contributed by atoms with E-state index in [1.807, 2.05) is 31.7 Å². The van der Waals surface area contributed by atoms with E-state index in [2.05, 4.69) is 46.4 Å². The minimum atomic E-state index is -0.430. The third-order valence-corrected chi connectivity index (χ3v) is 4.73. The molecule has 23 heavy (non-hydrogen) atoms. The van der Waals surface area contributed by atoms with Crippen LogP contribution in [0.2, 0.25) is 0 Å². The van der Waals surface area contributed by atoms with Crippen LogP contribution in [0.1, 0.15) is 52.1 Å². The van der Waals surface area contributed by atoms with Crippen LogP contribution in [0.4, 0.5) is 4.79 Å². The average molecular weight is 383 g/mol. The lowest BCUT2D eigenvalue weighted by molar-refractivity contribution is 0.0196. The lowest BCUT2D eigenvalue weighted by atomic mass is 10.0. The van der Waals surface area contributed by atoms with Crippen LogP contribution in [0.15, 0.2) is 28.7 Å². The van der Waals surface area contributed by atoms with Crippen LogP contribution in [0, 0.1) is 0 Å². The lowest BCUT2D eigenvalue weighted by Crippen LogP contribution is -2.47. The highest BCUT2D eigenvalue weighted by Crippen LogP contribution is 2.24. The third kappa shape index (κ3) is 5.50. The molecule has 1 aromatic carbocycles. The van der Waals surface area contributed by atoms with E-state index >= 15 is 0 Å². The Labute approximate surface area is 147 Å². The van der Waals surface area contributed by atoms with E-state index in [1.54, 1.807) is 0 Å². The summed E-state index contributed by atoms with van der Waals surface area (Å²) in [6.45, 7) is 9.38. The van der Waals surface area contributed by atoms with Crippen molar-refractivity contribution < 1.29 is 9.53 Å². The molecule has 0 aromatic heterocycles. The van der Waals surface area contributed by atoms with E-state index in [4.69, 9.17) is 4.74 Å². The van der Waals surface area contributed by atoms with Gasteiger partial charge in [-0.3, -0.25) is 0 Å². The predicted octanol–water partition coefficient (Wildman–Crippen LogP) is 4.50. The molecule has 1 amide bonds. The quantitative estimate of drug-likeness (QED) is 0.836. The molecule has 0 bridgehead atoms. The van der Waals surface area contributed by atoms with Crippen molar-refractivity contribution in [3.05, 3.63) is 34.3 Å². The monoisotopic (exact) mass is 382 g/mol. The summed E-state index contributed by atoms with van der Waals surface area (Å²) in [5.41, 5.74) is 0.836. The Morgan fingerprint density at radius 2 is 1.91 bits per heavy atom. The number of ether oxygens (including phenoxy) is 1. The van der Waals surface area contributed by atoms with Gasteiger partial charge in [0.1, 0.15) is 5.60 Å². The maximum absolute atomic E-state index is 12.1. The number of nitrogens with zero attached hydrogens (tertiary/aromatic N) is 1. The molecule has 1 fully saturated rings. The number of rotatable bonds is 3. The SMILES string of the molecule is C[C@@H](NC1CCN(C(=O)OC(C)(C)C)CC1)c1ccccc1Br. The molecule has 2 rings (SSSR count). The van der Waals surface area contributed by atoms with Gasteiger partial charge in [0.25, 0.3) is 0 Å². The van der Waals surface area contributed by atoms with E-state index in [0.717, 1.165) is 30.4 Å². The standard InChI is InChI=1S/C18H27BrN2O2/c1-13(15-7-5-6-8-16(15)19)20-14-9-11-21(12-10-14)17(22)23-18(2,3)4/h5-8,13-14,20H,9-12H2,1-4H3/t13-/m1/s1. The van der Waals surface area contributed by atoms with Gasteiger partial charge in [0.05, 0.1) is 0 Å². The summed E-state index contributed by atoms with van der Waals surface area (Å²) in [6, 6.07) is 9.00. The second-order valence-corrected chi connectivity index (χ2v) is 8.01. The van der Waals surface area contributed by atoms with Gasteiger partial charge in [-0.05, 0) is 52.2 Å². The molecular formula is C18H27BrN2O2. The van der Waals surface area contributed by atoms with E-state index in [0.29, 0.717) is 6.04 Å². The van der Waals surface area contributed by atoms with Crippen molar-refractivity contribution in [1.29, 1.82) is 0 Å². The summed E-state index contributed by atoms with van der Waals surface area (Å²) < 4.78 is 6.57. The summed E-state index contributed by atoms with van der Waals surface area (Å²) in [7, 11) is 0. The van der Waals surface area contributed by atoms with Crippen LogP contribution < -0.4 is 5.32 Å². The number of amides is 1. The molecule has 0 radical (unpaired) electrons. The molecule has 1 aromatic rings. The van der Waals surface area contributed by atoms with Gasteiger partial charge in [-0.1, -0.05) is 34.1 Å². The van der Waals surface area contributed by atoms with Crippen molar-refractivity contribution in [2.24, 2.45) is 0 Å². The topological polar surface area (TPSA) is 41.6 Å². The molecule has 1 heterocycles. The molecule has 1 N–H and O–H groups in total. The molecule has 1 aliphatic rings. The fourth-order valence-corrected chi connectivity index (χ4v) is 3.45. The number of piperidine rings is 1. The second-order valence-electron chi connectivity index (χ2n) is 7.15. The van der Waals surface area contributed by atoms with Crippen LogP contribution in [0.3, 0.4) is 0 Å². The Morgan fingerprint density at radius 1 is 1.30 bits per heavy atom. The van der Waals surface area contributed by atoms with Gasteiger partial charge >= 0.3 is 6.09 Å². The van der Waals surface area contributed by atoms with Gasteiger partial charge in [-0.25, -0.2) is 4.79 Å². The zero-order chi connectivity index (χ0) is 17.0. The predicted molar refractivity (Wildman–Crippen MR) is 96.5 cm³/mol. The highest BCUT2D eigenvalue weighted by Gasteiger charge is 2.27. The zero-order valence-corrected chi connectivity index (χ0v) is 16.0. The molecule has 1 aliphatic heterocycles. The van der Waals surface area contributed by atoms with E-state index in [-0.39, 0.29) is 12.1 Å². The molecule has 0 saturated carbocycles. The second kappa shape index (κ2) is 7.67. The Bertz CT molecular complexity index is 534. The van der Waals surface area contributed by atoms with Crippen molar-refractivity contribution in [1.82, 2.24) is 10.2 Å². The van der Waals surface area contributed by atoms with Crippen molar-refractivity contribution >= 4 is 22.0 Å². The van der Waals surface area contributed by atoms with Gasteiger partial charge in [-0.2, -0.15) is 0 Å². The van der Waals surface area contributed by atoms with Crippen LogP contribution >= 0.6 is 15.9 Å². The number of halogens is 1. The Morgan fingerprint density at radius 3 is 2.48 bits per heavy atom. The van der Waals surface area contributed by atoms with Crippen LogP contribution in [0.5, 0.6) is 0 Å². The molecule has 128 valence electrons. The zero-order valence-electron chi connectivity index (χ0n) is 14.4. The smallest absolute Gasteiger partial charge is 0.410 e. The van der Waals surface area contributed by atoms with Crippen LogP contribution in [-0.2, 0) is 4.74 Å². The van der Waals surface area contributed by atoms with Crippen molar-refractivity contribution in [2.45, 2.75) is 58.2 Å². The fourth-order valence-electron chi connectivity index (χ4n) is 2.82. The maximum atomic E-state index is 12.1. The van der Waals surface area contributed by atoms with Crippen molar-refractivity contribution in [3.8, 4) is 0 Å². The largest absolute Gasteiger partial charge is 0.444 e. The van der Waals surface area contributed by atoms with Gasteiger partial charge in [0.2, 0.25) is 0 Å². The first-order valence-electron chi connectivity index (χ1n) is 8.24. The number of likely N-dealkylation sites (tertiary alicyclic amines) is 1. The minimum Gasteiger partial charge on any atom is -0.444 e. The van der Waals surface area contributed by atoms with Crippen LogP contribution in [0.25, 0.3) is 0 Å². The number of carbonyl (C=O) groups is 1. The summed E-state index contributed by atoms with van der Waals surface area (Å²) in [6.07, 6.45) is 1.71. The summed E-state index contributed by atoms with van der Waals surface area (Å²) in [4.78, 5) is 13.9. The van der Waals surface area contributed by atoms with Crippen molar-refractivity contribution in [2.75, 3.05) is 13.1 Å². The molecule has 1 saturated heterocycles. The Kier molecular flexibility index (Phi) is 6.09. The highest BCUT2D eigenvalue weighted by atomic mass is 79.9. The molecule has 0 unspecified atom stereocenters. The molecule has 1 atom stereocenters.